The smallest absolute Gasteiger partial charge is 0.242 e. The zero-order valence-electron chi connectivity index (χ0n) is 13.8. The highest BCUT2D eigenvalue weighted by Gasteiger charge is 2.26. The van der Waals surface area contributed by atoms with Crippen molar-refractivity contribution in [2.24, 2.45) is 5.92 Å². The molecule has 1 aliphatic rings. The summed E-state index contributed by atoms with van der Waals surface area (Å²) in [5.41, 5.74) is 1.05. The Morgan fingerprint density at radius 1 is 1.23 bits per heavy atom. The van der Waals surface area contributed by atoms with Gasteiger partial charge in [0.05, 0.1) is 6.04 Å². The Morgan fingerprint density at radius 3 is 2.36 bits per heavy atom. The highest BCUT2D eigenvalue weighted by Crippen LogP contribution is 2.21. The van der Waals surface area contributed by atoms with E-state index in [9.17, 15) is 9.59 Å². The average molecular weight is 302 g/mol. The lowest BCUT2D eigenvalue weighted by molar-refractivity contribution is -0.142. The minimum atomic E-state index is -0.0913. The molecule has 1 unspecified atom stereocenters. The third kappa shape index (κ3) is 4.09. The molecule has 120 valence electrons. The standard InChI is InChI=1S/C18H26N2O2/c1-14-9-11-19(12-10-14)18(22)13-20(16(3)21)15(2)17-7-5-4-6-8-17/h4-8,14-15H,9-13H2,1-3H3. The van der Waals surface area contributed by atoms with Crippen LogP contribution in [0.1, 0.15) is 45.2 Å². The van der Waals surface area contributed by atoms with Crippen LogP contribution in [-0.4, -0.2) is 41.2 Å². The lowest BCUT2D eigenvalue weighted by Crippen LogP contribution is -2.45. The Balaban J connectivity index is 2.02. The minimum absolute atomic E-state index is 0.0601. The van der Waals surface area contributed by atoms with Crippen LogP contribution in [0.5, 0.6) is 0 Å². The first-order chi connectivity index (χ1) is 10.5. The molecule has 22 heavy (non-hydrogen) atoms. The predicted octanol–water partition coefficient (Wildman–Crippen LogP) is 2.85. The van der Waals surface area contributed by atoms with E-state index in [1.54, 1.807) is 4.90 Å². The average Bonchev–Trinajstić information content (AvgIpc) is 2.53. The molecule has 2 amide bonds. The predicted molar refractivity (Wildman–Crippen MR) is 87.2 cm³/mol. The molecule has 0 N–H and O–H groups in total. The maximum absolute atomic E-state index is 12.5. The third-order valence-corrected chi connectivity index (χ3v) is 4.60. The van der Waals surface area contributed by atoms with Crippen LogP contribution >= 0.6 is 0 Å². The number of hydrogen-bond acceptors (Lipinski definition) is 2. The minimum Gasteiger partial charge on any atom is -0.341 e. The molecule has 1 saturated heterocycles. The van der Waals surface area contributed by atoms with Crippen LogP contribution < -0.4 is 0 Å². The van der Waals surface area contributed by atoms with E-state index in [1.165, 1.54) is 6.92 Å². The molecule has 1 aromatic rings. The molecule has 0 radical (unpaired) electrons. The summed E-state index contributed by atoms with van der Waals surface area (Å²) >= 11 is 0. The van der Waals surface area contributed by atoms with E-state index in [0.717, 1.165) is 31.5 Å². The number of amides is 2. The molecule has 4 heteroatoms. The molecule has 1 aliphatic heterocycles. The maximum atomic E-state index is 12.5. The Morgan fingerprint density at radius 2 is 1.82 bits per heavy atom. The summed E-state index contributed by atoms with van der Waals surface area (Å²) in [6.45, 7) is 7.52. The van der Waals surface area contributed by atoms with Gasteiger partial charge in [-0.3, -0.25) is 9.59 Å². The second-order valence-corrected chi connectivity index (χ2v) is 6.30. The normalized spacial score (nSPS) is 17.1. The van der Waals surface area contributed by atoms with Crippen LogP contribution in [-0.2, 0) is 9.59 Å². The van der Waals surface area contributed by atoms with Crippen molar-refractivity contribution in [2.75, 3.05) is 19.6 Å². The van der Waals surface area contributed by atoms with Gasteiger partial charge in [-0.2, -0.15) is 0 Å². The number of hydrogen-bond donors (Lipinski definition) is 0. The van der Waals surface area contributed by atoms with Crippen LogP contribution in [0, 0.1) is 5.92 Å². The van der Waals surface area contributed by atoms with Gasteiger partial charge in [0, 0.05) is 20.0 Å². The lowest BCUT2D eigenvalue weighted by atomic mass is 9.99. The summed E-state index contributed by atoms with van der Waals surface area (Å²) in [5.74, 6) is 0.691. The quantitative estimate of drug-likeness (QED) is 0.858. The molecule has 1 fully saturated rings. The summed E-state index contributed by atoms with van der Waals surface area (Å²) < 4.78 is 0. The van der Waals surface area contributed by atoms with Gasteiger partial charge in [0.2, 0.25) is 11.8 Å². The largest absolute Gasteiger partial charge is 0.341 e. The second-order valence-electron chi connectivity index (χ2n) is 6.30. The van der Waals surface area contributed by atoms with Crippen molar-refractivity contribution in [3.8, 4) is 0 Å². The van der Waals surface area contributed by atoms with Crippen molar-refractivity contribution in [1.29, 1.82) is 0 Å². The van der Waals surface area contributed by atoms with Crippen LogP contribution in [0.3, 0.4) is 0 Å². The highest BCUT2D eigenvalue weighted by atomic mass is 16.2. The molecule has 0 spiro atoms. The summed E-state index contributed by atoms with van der Waals surface area (Å²) in [6.07, 6.45) is 2.11. The summed E-state index contributed by atoms with van der Waals surface area (Å²) in [5, 5.41) is 0. The monoisotopic (exact) mass is 302 g/mol. The molecule has 0 saturated carbocycles. The zero-order chi connectivity index (χ0) is 16.1. The highest BCUT2D eigenvalue weighted by molar-refractivity contribution is 5.84. The van der Waals surface area contributed by atoms with Gasteiger partial charge in [0.15, 0.2) is 0 Å². The third-order valence-electron chi connectivity index (χ3n) is 4.60. The van der Waals surface area contributed by atoms with Gasteiger partial charge in [-0.1, -0.05) is 37.3 Å². The van der Waals surface area contributed by atoms with Gasteiger partial charge in [0.1, 0.15) is 6.54 Å². The van der Waals surface area contributed by atoms with Gasteiger partial charge < -0.3 is 9.80 Å². The van der Waals surface area contributed by atoms with E-state index in [0.29, 0.717) is 5.92 Å². The van der Waals surface area contributed by atoms with Gasteiger partial charge in [-0.05, 0) is 31.2 Å². The second kappa shape index (κ2) is 7.43. The van der Waals surface area contributed by atoms with Gasteiger partial charge in [-0.25, -0.2) is 0 Å². The van der Waals surface area contributed by atoms with E-state index < -0.39 is 0 Å². The number of rotatable bonds is 4. The zero-order valence-corrected chi connectivity index (χ0v) is 13.8. The Hall–Kier alpha value is -1.84. The summed E-state index contributed by atoms with van der Waals surface area (Å²) in [6, 6.07) is 9.76. The molecule has 0 aliphatic carbocycles. The molecule has 4 nitrogen and oxygen atoms in total. The molecular formula is C18H26N2O2. The van der Waals surface area contributed by atoms with Crippen molar-refractivity contribution in [1.82, 2.24) is 9.80 Å². The van der Waals surface area contributed by atoms with Crippen molar-refractivity contribution in [2.45, 2.75) is 39.7 Å². The van der Waals surface area contributed by atoms with E-state index in [-0.39, 0.29) is 24.4 Å². The van der Waals surface area contributed by atoms with Crippen LogP contribution in [0.4, 0.5) is 0 Å². The first-order valence-electron chi connectivity index (χ1n) is 8.09. The van der Waals surface area contributed by atoms with Gasteiger partial charge in [0.25, 0.3) is 0 Å². The van der Waals surface area contributed by atoms with Crippen molar-refractivity contribution in [3.63, 3.8) is 0 Å². The Kier molecular flexibility index (Phi) is 5.58. The Labute approximate surface area is 133 Å². The molecule has 1 atom stereocenters. The van der Waals surface area contributed by atoms with E-state index in [2.05, 4.69) is 6.92 Å². The summed E-state index contributed by atoms with van der Waals surface area (Å²) in [4.78, 5) is 28.0. The van der Waals surface area contributed by atoms with E-state index >= 15 is 0 Å². The van der Waals surface area contributed by atoms with Crippen molar-refractivity contribution < 1.29 is 9.59 Å². The van der Waals surface area contributed by atoms with Crippen LogP contribution in [0.2, 0.25) is 0 Å². The van der Waals surface area contributed by atoms with Crippen molar-refractivity contribution >= 4 is 11.8 Å². The fourth-order valence-corrected chi connectivity index (χ4v) is 2.94. The Bertz CT molecular complexity index is 507. The number of likely N-dealkylation sites (tertiary alicyclic amines) is 1. The van der Waals surface area contributed by atoms with E-state index in [1.807, 2.05) is 42.2 Å². The molecule has 1 aromatic carbocycles. The number of piperidine rings is 1. The van der Waals surface area contributed by atoms with E-state index in [4.69, 9.17) is 0 Å². The number of benzene rings is 1. The topological polar surface area (TPSA) is 40.6 Å². The first-order valence-corrected chi connectivity index (χ1v) is 8.09. The van der Waals surface area contributed by atoms with Gasteiger partial charge >= 0.3 is 0 Å². The van der Waals surface area contributed by atoms with Crippen molar-refractivity contribution in [3.05, 3.63) is 35.9 Å². The maximum Gasteiger partial charge on any atom is 0.242 e. The van der Waals surface area contributed by atoms with Crippen LogP contribution in [0.15, 0.2) is 30.3 Å². The molecular weight excluding hydrogens is 276 g/mol. The lowest BCUT2D eigenvalue weighted by Gasteiger charge is -2.34. The molecule has 0 bridgehead atoms. The molecule has 1 heterocycles. The first kappa shape index (κ1) is 16.5. The number of carbonyl (C=O) groups excluding carboxylic acids is 2. The SMILES string of the molecule is CC(=O)N(CC(=O)N1CCC(C)CC1)C(C)c1ccccc1. The molecule has 2 rings (SSSR count). The fourth-order valence-electron chi connectivity index (χ4n) is 2.94. The number of nitrogens with zero attached hydrogens (tertiary/aromatic N) is 2. The number of carbonyl (C=O) groups is 2. The van der Waals surface area contributed by atoms with Crippen LogP contribution in [0.25, 0.3) is 0 Å². The summed E-state index contributed by atoms with van der Waals surface area (Å²) in [7, 11) is 0. The molecule has 0 aromatic heterocycles. The fraction of sp³-hybridized carbons (Fsp3) is 0.556. The van der Waals surface area contributed by atoms with Gasteiger partial charge in [-0.15, -0.1) is 0 Å².